The van der Waals surface area contributed by atoms with Crippen molar-refractivity contribution in [3.63, 3.8) is 0 Å². The smallest absolute Gasteiger partial charge is 0.306 e. The lowest BCUT2D eigenvalue weighted by atomic mass is 10.0. The predicted octanol–water partition coefficient (Wildman–Crippen LogP) is 24.6. The van der Waals surface area contributed by atoms with E-state index < -0.39 is 26.5 Å². The van der Waals surface area contributed by atoms with E-state index in [4.69, 9.17) is 18.5 Å². The summed E-state index contributed by atoms with van der Waals surface area (Å²) in [5, 5.41) is 0. The molecule has 0 heterocycles. The van der Waals surface area contributed by atoms with Crippen molar-refractivity contribution in [1.29, 1.82) is 0 Å². The summed E-state index contributed by atoms with van der Waals surface area (Å²) < 4.78 is 34.4. The van der Waals surface area contributed by atoms with Crippen LogP contribution in [0.2, 0.25) is 0 Å². The number of hydrogen-bond donors (Lipinski definition) is 0. The average Bonchev–Trinajstić information content (AvgIpc) is 3.58. The van der Waals surface area contributed by atoms with E-state index >= 15 is 0 Å². The molecule has 0 radical (unpaired) electrons. The number of phosphoric ester groups is 1. The molecule has 0 fully saturated rings. The molecule has 0 aromatic heterocycles. The van der Waals surface area contributed by atoms with Crippen LogP contribution in [0.15, 0.2) is 85.1 Å². The molecule has 0 aliphatic carbocycles. The normalized spacial score (nSPS) is 13.5. The van der Waals surface area contributed by atoms with Gasteiger partial charge in [0.25, 0.3) is 7.82 Å². The molecule has 90 heavy (non-hydrogen) atoms. The van der Waals surface area contributed by atoms with Crippen molar-refractivity contribution in [3.05, 3.63) is 85.1 Å². The molecule has 0 spiro atoms. The molecule has 2 unspecified atom stereocenters. The quantitative estimate of drug-likeness (QED) is 0.0195. The van der Waals surface area contributed by atoms with Crippen LogP contribution in [0.4, 0.5) is 0 Å². The summed E-state index contributed by atoms with van der Waals surface area (Å²) in [7, 11) is 1.18. The van der Waals surface area contributed by atoms with Gasteiger partial charge in [-0.15, -0.1) is 0 Å². The molecule has 0 N–H and O–H groups in total. The lowest BCUT2D eigenvalue weighted by Crippen LogP contribution is -2.37. The standard InChI is InChI=1S/C80H146NO8P/c1-6-8-10-12-14-16-18-20-22-24-26-28-30-32-34-35-36-37-38-39-40-41-42-43-44-45-47-49-51-53-55-57-59-61-63-65-67-69-71-73-80(83)89-78(77-88-90(84,85)87-75-74-81(3,4)5)76-86-79(82)72-70-68-66-64-62-60-58-56-54-52-50-48-46-33-31-29-27-25-23-21-19-17-15-13-11-9-7-2/h8,10,14,16,19-22,25-28,31,33,78H,6-7,9,11-13,15,17-18,23-24,29-30,32,34-77H2,1-5H3/b10-8-,16-14-,21-19-,22-20-,27-25-,28-26-,33-31-. The molecule has 0 aromatic rings. The van der Waals surface area contributed by atoms with Crippen LogP contribution < -0.4 is 4.89 Å². The maximum Gasteiger partial charge on any atom is 0.306 e. The summed E-state index contributed by atoms with van der Waals surface area (Å²) in [6.07, 6.45) is 96.9. The third-order valence-corrected chi connectivity index (χ3v) is 17.9. The second kappa shape index (κ2) is 70.5. The molecular formula is C80H146NO8P. The molecule has 0 rings (SSSR count). The van der Waals surface area contributed by atoms with E-state index in [1.54, 1.807) is 0 Å². The van der Waals surface area contributed by atoms with E-state index in [0.717, 1.165) is 70.6 Å². The summed E-state index contributed by atoms with van der Waals surface area (Å²) in [6, 6.07) is 0. The van der Waals surface area contributed by atoms with Gasteiger partial charge in [0, 0.05) is 12.8 Å². The molecule has 9 nitrogen and oxygen atoms in total. The summed E-state index contributed by atoms with van der Waals surface area (Å²) >= 11 is 0. The predicted molar refractivity (Wildman–Crippen MR) is 388 cm³/mol. The number of rotatable bonds is 71. The molecule has 2 atom stereocenters. The van der Waals surface area contributed by atoms with Crippen molar-refractivity contribution >= 4 is 19.8 Å². The van der Waals surface area contributed by atoms with Gasteiger partial charge in [0.2, 0.25) is 0 Å². The lowest BCUT2D eigenvalue weighted by Gasteiger charge is -2.28. The van der Waals surface area contributed by atoms with Crippen molar-refractivity contribution in [2.24, 2.45) is 0 Å². The number of quaternary nitrogens is 1. The van der Waals surface area contributed by atoms with Gasteiger partial charge >= 0.3 is 11.9 Å². The molecular weight excluding hydrogens is 1130 g/mol. The summed E-state index contributed by atoms with van der Waals surface area (Å²) in [4.78, 5) is 38.1. The van der Waals surface area contributed by atoms with Gasteiger partial charge in [-0.1, -0.05) is 343 Å². The van der Waals surface area contributed by atoms with Crippen LogP contribution in [0.25, 0.3) is 0 Å². The Labute approximate surface area is 558 Å². The number of likely N-dealkylation sites (N-methyl/N-ethyl adjacent to an activating group) is 1. The molecule has 0 aromatic carbocycles. The number of allylic oxidation sites excluding steroid dienone is 14. The Morgan fingerprint density at radius 2 is 0.633 bits per heavy atom. The van der Waals surface area contributed by atoms with E-state index in [9.17, 15) is 19.0 Å². The Kier molecular flexibility index (Phi) is 68.3. The van der Waals surface area contributed by atoms with Gasteiger partial charge in [0.05, 0.1) is 27.7 Å². The third kappa shape index (κ3) is 74.2. The van der Waals surface area contributed by atoms with Crippen LogP contribution in [0.1, 0.15) is 361 Å². The maximum absolute atomic E-state index is 12.9. The van der Waals surface area contributed by atoms with Crippen LogP contribution in [-0.4, -0.2) is 70.0 Å². The minimum Gasteiger partial charge on any atom is -0.756 e. The van der Waals surface area contributed by atoms with E-state index in [2.05, 4.69) is 98.9 Å². The first-order valence-corrected chi connectivity index (χ1v) is 39.8. The SMILES string of the molecule is CC/C=C\C/C=C\C/C=C\C/C=C\CCCCCCCCCCCCCCCCCCCCCCCCCCCCC(=O)OC(COC(=O)CCCCCCCCCCCCCC/C=C\C/C=C\C/C=C\CCCCCCC)COP(=O)([O-])OCC[N+](C)(C)C. The largest absolute Gasteiger partial charge is 0.756 e. The van der Waals surface area contributed by atoms with Crippen molar-refractivity contribution in [2.75, 3.05) is 47.5 Å². The Morgan fingerprint density at radius 3 is 0.944 bits per heavy atom. The fourth-order valence-electron chi connectivity index (χ4n) is 11.1. The topological polar surface area (TPSA) is 111 Å². The zero-order valence-electron chi connectivity index (χ0n) is 59.8. The van der Waals surface area contributed by atoms with Gasteiger partial charge in [-0.2, -0.15) is 0 Å². The number of esters is 2. The van der Waals surface area contributed by atoms with Gasteiger partial charge in [0.1, 0.15) is 19.8 Å². The first-order valence-electron chi connectivity index (χ1n) is 38.3. The molecule has 0 aliphatic heterocycles. The van der Waals surface area contributed by atoms with E-state index in [1.165, 1.54) is 257 Å². The highest BCUT2D eigenvalue weighted by atomic mass is 31.2. The average molecular weight is 1280 g/mol. The minimum atomic E-state index is -4.65. The van der Waals surface area contributed by atoms with Gasteiger partial charge in [0.15, 0.2) is 6.10 Å². The first-order chi connectivity index (χ1) is 44.0. The zero-order chi connectivity index (χ0) is 65.5. The highest BCUT2D eigenvalue weighted by Crippen LogP contribution is 2.38. The molecule has 0 saturated heterocycles. The highest BCUT2D eigenvalue weighted by Gasteiger charge is 2.22. The summed E-state index contributed by atoms with van der Waals surface area (Å²) in [5.74, 6) is -0.820. The van der Waals surface area contributed by atoms with E-state index in [0.29, 0.717) is 17.4 Å². The van der Waals surface area contributed by atoms with Crippen LogP contribution >= 0.6 is 7.82 Å². The molecule has 0 bridgehead atoms. The lowest BCUT2D eigenvalue weighted by molar-refractivity contribution is -0.870. The number of nitrogens with zero attached hydrogens (tertiary/aromatic N) is 1. The molecule has 10 heteroatoms. The summed E-state index contributed by atoms with van der Waals surface area (Å²) in [6.45, 7) is 4.16. The first kappa shape index (κ1) is 87.2. The van der Waals surface area contributed by atoms with Crippen LogP contribution in [0.3, 0.4) is 0 Å². The maximum atomic E-state index is 12.9. The van der Waals surface area contributed by atoms with Gasteiger partial charge < -0.3 is 27.9 Å². The molecule has 524 valence electrons. The second-order valence-electron chi connectivity index (χ2n) is 27.0. The Morgan fingerprint density at radius 1 is 0.356 bits per heavy atom. The fraction of sp³-hybridized carbons (Fsp3) is 0.800. The van der Waals surface area contributed by atoms with Gasteiger partial charge in [-0.3, -0.25) is 14.2 Å². The zero-order valence-corrected chi connectivity index (χ0v) is 60.7. The van der Waals surface area contributed by atoms with Crippen molar-refractivity contribution in [1.82, 2.24) is 0 Å². The minimum absolute atomic E-state index is 0.0310. The van der Waals surface area contributed by atoms with Gasteiger partial charge in [-0.05, 0) is 89.9 Å². The van der Waals surface area contributed by atoms with Crippen LogP contribution in [0, 0.1) is 0 Å². The number of phosphoric acid groups is 1. The van der Waals surface area contributed by atoms with E-state index in [-0.39, 0.29) is 32.0 Å². The van der Waals surface area contributed by atoms with Crippen LogP contribution in [-0.2, 0) is 32.7 Å². The van der Waals surface area contributed by atoms with Crippen molar-refractivity contribution < 1.29 is 42.1 Å². The van der Waals surface area contributed by atoms with Gasteiger partial charge in [-0.25, -0.2) is 0 Å². The number of ether oxygens (including phenoxy) is 2. The Balaban J connectivity index is 3.94. The van der Waals surface area contributed by atoms with E-state index in [1.807, 2.05) is 21.1 Å². The Bertz CT molecular complexity index is 1800. The molecule has 0 aliphatic rings. The number of carbonyl (C=O) groups is 2. The summed E-state index contributed by atoms with van der Waals surface area (Å²) in [5.41, 5.74) is 0. The molecule has 0 amide bonds. The van der Waals surface area contributed by atoms with Crippen molar-refractivity contribution in [2.45, 2.75) is 367 Å². The number of hydrogen-bond acceptors (Lipinski definition) is 8. The Hall–Kier alpha value is -2.81. The number of carbonyl (C=O) groups excluding carboxylic acids is 2. The number of unbranched alkanes of at least 4 members (excludes halogenated alkanes) is 43. The fourth-order valence-corrected chi connectivity index (χ4v) is 11.8. The second-order valence-corrected chi connectivity index (χ2v) is 28.4. The third-order valence-electron chi connectivity index (χ3n) is 16.9. The van der Waals surface area contributed by atoms with Crippen LogP contribution in [0.5, 0.6) is 0 Å². The highest BCUT2D eigenvalue weighted by molar-refractivity contribution is 7.45. The van der Waals surface area contributed by atoms with Crippen molar-refractivity contribution in [3.8, 4) is 0 Å². The monoisotopic (exact) mass is 1280 g/mol. The molecule has 0 saturated carbocycles.